The summed E-state index contributed by atoms with van der Waals surface area (Å²) in [6, 6.07) is 3.37. The van der Waals surface area contributed by atoms with Crippen molar-refractivity contribution in [1.82, 2.24) is 10.1 Å². The SMILES string of the molecule is CCC(C)(N)c1noc(Cc2ccc(F)cc2F)n1. The Bertz CT molecular complexity index is 581. The molecule has 0 radical (unpaired) electrons. The van der Waals surface area contributed by atoms with Crippen LogP contribution < -0.4 is 5.73 Å². The van der Waals surface area contributed by atoms with E-state index in [1.807, 2.05) is 6.92 Å². The van der Waals surface area contributed by atoms with E-state index in [0.717, 1.165) is 6.07 Å². The second kappa shape index (κ2) is 5.05. The molecule has 1 heterocycles. The second-order valence-corrected chi connectivity index (χ2v) is 4.70. The van der Waals surface area contributed by atoms with Gasteiger partial charge in [0.15, 0.2) is 5.82 Å². The third-order valence-corrected chi connectivity index (χ3v) is 3.07. The van der Waals surface area contributed by atoms with Crippen LogP contribution in [0.2, 0.25) is 0 Å². The average Bonchev–Trinajstić information content (AvgIpc) is 2.82. The Hall–Kier alpha value is -1.82. The number of hydrogen-bond donors (Lipinski definition) is 1. The summed E-state index contributed by atoms with van der Waals surface area (Å²) in [6.45, 7) is 3.70. The summed E-state index contributed by atoms with van der Waals surface area (Å²) in [7, 11) is 0. The van der Waals surface area contributed by atoms with Crippen molar-refractivity contribution in [1.29, 1.82) is 0 Å². The summed E-state index contributed by atoms with van der Waals surface area (Å²) >= 11 is 0. The van der Waals surface area contributed by atoms with E-state index in [1.54, 1.807) is 6.92 Å². The van der Waals surface area contributed by atoms with Crippen LogP contribution in [-0.2, 0) is 12.0 Å². The molecule has 0 aliphatic carbocycles. The fourth-order valence-corrected chi connectivity index (χ4v) is 1.54. The number of nitrogens with two attached hydrogens (primary N) is 1. The molecule has 2 rings (SSSR count). The van der Waals surface area contributed by atoms with Gasteiger partial charge < -0.3 is 10.3 Å². The van der Waals surface area contributed by atoms with Crippen molar-refractivity contribution in [2.75, 3.05) is 0 Å². The van der Waals surface area contributed by atoms with E-state index >= 15 is 0 Å². The van der Waals surface area contributed by atoms with Crippen LogP contribution in [0.15, 0.2) is 22.7 Å². The minimum Gasteiger partial charge on any atom is -0.339 e. The summed E-state index contributed by atoms with van der Waals surface area (Å²) in [5.74, 6) is -0.614. The lowest BCUT2D eigenvalue weighted by Crippen LogP contribution is -2.33. The van der Waals surface area contributed by atoms with Crippen molar-refractivity contribution in [2.45, 2.75) is 32.2 Å². The number of rotatable bonds is 4. The van der Waals surface area contributed by atoms with Crippen LogP contribution in [-0.4, -0.2) is 10.1 Å². The number of benzene rings is 1. The van der Waals surface area contributed by atoms with Crippen LogP contribution in [0.25, 0.3) is 0 Å². The lowest BCUT2D eigenvalue weighted by molar-refractivity contribution is 0.355. The highest BCUT2D eigenvalue weighted by molar-refractivity contribution is 5.21. The first-order chi connectivity index (χ1) is 8.92. The molecule has 1 aromatic heterocycles. The van der Waals surface area contributed by atoms with E-state index in [-0.39, 0.29) is 12.3 Å². The molecule has 1 atom stereocenters. The van der Waals surface area contributed by atoms with E-state index in [9.17, 15) is 8.78 Å². The summed E-state index contributed by atoms with van der Waals surface area (Å²) in [5.41, 5.74) is 5.61. The molecule has 0 amide bonds. The van der Waals surface area contributed by atoms with E-state index in [2.05, 4.69) is 10.1 Å². The van der Waals surface area contributed by atoms with Crippen molar-refractivity contribution >= 4 is 0 Å². The second-order valence-electron chi connectivity index (χ2n) is 4.70. The van der Waals surface area contributed by atoms with Crippen LogP contribution in [0.1, 0.15) is 37.5 Å². The molecule has 0 saturated carbocycles. The van der Waals surface area contributed by atoms with Gasteiger partial charge in [0, 0.05) is 6.07 Å². The maximum atomic E-state index is 13.5. The molecule has 2 aromatic rings. The van der Waals surface area contributed by atoms with Crippen LogP contribution in [0, 0.1) is 11.6 Å². The van der Waals surface area contributed by atoms with Gasteiger partial charge in [0.2, 0.25) is 5.89 Å². The van der Waals surface area contributed by atoms with E-state index in [0.29, 0.717) is 17.8 Å². The number of aromatic nitrogens is 2. The summed E-state index contributed by atoms with van der Waals surface area (Å²) in [4.78, 5) is 4.15. The van der Waals surface area contributed by atoms with E-state index < -0.39 is 17.2 Å². The number of halogens is 2. The molecule has 1 unspecified atom stereocenters. The fraction of sp³-hybridized carbons (Fsp3) is 0.385. The molecule has 4 nitrogen and oxygen atoms in total. The van der Waals surface area contributed by atoms with Gasteiger partial charge in [-0.1, -0.05) is 18.1 Å². The molecule has 0 saturated heterocycles. The Morgan fingerprint density at radius 1 is 1.37 bits per heavy atom. The quantitative estimate of drug-likeness (QED) is 0.924. The Balaban J connectivity index is 2.20. The first-order valence-corrected chi connectivity index (χ1v) is 5.98. The molecule has 1 aromatic carbocycles. The molecule has 19 heavy (non-hydrogen) atoms. The van der Waals surface area contributed by atoms with Crippen molar-refractivity contribution < 1.29 is 13.3 Å². The third kappa shape index (κ3) is 2.96. The van der Waals surface area contributed by atoms with Gasteiger partial charge in [-0.25, -0.2) is 8.78 Å². The Morgan fingerprint density at radius 3 is 2.74 bits per heavy atom. The Kier molecular flexibility index (Phi) is 3.61. The van der Waals surface area contributed by atoms with Crippen molar-refractivity contribution in [2.24, 2.45) is 5.73 Å². The molecule has 0 bridgehead atoms. The highest BCUT2D eigenvalue weighted by atomic mass is 19.1. The number of hydrogen-bond acceptors (Lipinski definition) is 4. The van der Waals surface area contributed by atoms with Crippen LogP contribution >= 0.6 is 0 Å². The molecule has 0 aliphatic rings. The van der Waals surface area contributed by atoms with Crippen LogP contribution in [0.3, 0.4) is 0 Å². The van der Waals surface area contributed by atoms with Gasteiger partial charge in [0.25, 0.3) is 0 Å². The first kappa shape index (κ1) is 13.6. The first-order valence-electron chi connectivity index (χ1n) is 5.98. The van der Waals surface area contributed by atoms with Gasteiger partial charge >= 0.3 is 0 Å². The molecular formula is C13H15F2N3O. The lowest BCUT2D eigenvalue weighted by Gasteiger charge is -2.16. The fourth-order valence-electron chi connectivity index (χ4n) is 1.54. The van der Waals surface area contributed by atoms with Gasteiger partial charge in [-0.15, -0.1) is 0 Å². The zero-order valence-electron chi connectivity index (χ0n) is 10.8. The maximum absolute atomic E-state index is 13.5. The van der Waals surface area contributed by atoms with Crippen LogP contribution in [0.5, 0.6) is 0 Å². The number of nitrogens with zero attached hydrogens (tertiary/aromatic N) is 2. The largest absolute Gasteiger partial charge is 0.339 e. The molecule has 102 valence electrons. The minimum atomic E-state index is -0.677. The Labute approximate surface area is 109 Å². The van der Waals surface area contributed by atoms with Gasteiger partial charge in [-0.05, 0) is 25.0 Å². The van der Waals surface area contributed by atoms with Crippen molar-refractivity contribution in [3.63, 3.8) is 0 Å². The van der Waals surface area contributed by atoms with Crippen molar-refractivity contribution in [3.8, 4) is 0 Å². The maximum Gasteiger partial charge on any atom is 0.231 e. The van der Waals surface area contributed by atoms with Gasteiger partial charge in [-0.3, -0.25) is 0 Å². The zero-order chi connectivity index (χ0) is 14.0. The summed E-state index contributed by atoms with van der Waals surface area (Å²) < 4.78 is 31.3. The standard InChI is InChI=1S/C13H15F2N3O/c1-3-13(2,16)12-17-11(19-18-12)6-8-4-5-9(14)7-10(8)15/h4-5,7H,3,6,16H2,1-2H3. The Morgan fingerprint density at radius 2 is 2.11 bits per heavy atom. The smallest absolute Gasteiger partial charge is 0.231 e. The van der Waals surface area contributed by atoms with Gasteiger partial charge in [0.05, 0.1) is 12.0 Å². The monoisotopic (exact) mass is 267 g/mol. The van der Waals surface area contributed by atoms with Gasteiger partial charge in [0.1, 0.15) is 11.6 Å². The van der Waals surface area contributed by atoms with Gasteiger partial charge in [-0.2, -0.15) is 4.98 Å². The topological polar surface area (TPSA) is 64.9 Å². The molecule has 0 aliphatic heterocycles. The molecule has 2 N–H and O–H groups in total. The zero-order valence-corrected chi connectivity index (χ0v) is 10.8. The van der Waals surface area contributed by atoms with Crippen molar-refractivity contribution in [3.05, 3.63) is 47.1 Å². The highest BCUT2D eigenvalue weighted by Crippen LogP contribution is 2.19. The van der Waals surface area contributed by atoms with E-state index in [4.69, 9.17) is 10.3 Å². The predicted octanol–water partition coefficient (Wildman–Crippen LogP) is 2.52. The normalized spacial score (nSPS) is 14.4. The molecule has 6 heteroatoms. The molecular weight excluding hydrogens is 252 g/mol. The average molecular weight is 267 g/mol. The summed E-state index contributed by atoms with van der Waals surface area (Å²) in [5, 5.41) is 3.79. The van der Waals surface area contributed by atoms with E-state index in [1.165, 1.54) is 12.1 Å². The molecule has 0 spiro atoms. The lowest BCUT2D eigenvalue weighted by atomic mass is 10.00. The minimum absolute atomic E-state index is 0.110. The summed E-state index contributed by atoms with van der Waals surface area (Å²) in [6.07, 6.45) is 0.760. The third-order valence-electron chi connectivity index (χ3n) is 3.07. The van der Waals surface area contributed by atoms with Crippen LogP contribution in [0.4, 0.5) is 8.78 Å². The predicted molar refractivity (Wildman–Crippen MR) is 65.3 cm³/mol. The highest BCUT2D eigenvalue weighted by Gasteiger charge is 2.25. The molecule has 0 fully saturated rings.